The summed E-state index contributed by atoms with van der Waals surface area (Å²) in [5.41, 5.74) is 2.42. The molecule has 0 bridgehead atoms. The van der Waals surface area contributed by atoms with Gasteiger partial charge < -0.3 is 5.32 Å². The van der Waals surface area contributed by atoms with Crippen molar-refractivity contribution in [1.82, 2.24) is 5.32 Å². The molecule has 1 amide bonds. The van der Waals surface area contributed by atoms with E-state index in [2.05, 4.69) is 23.5 Å². The number of hydrogen-bond acceptors (Lipinski definition) is 3. The molecule has 4 heteroatoms. The van der Waals surface area contributed by atoms with Crippen LogP contribution in [0.25, 0.3) is 0 Å². The van der Waals surface area contributed by atoms with Crippen molar-refractivity contribution >= 4 is 17.7 Å². The van der Waals surface area contributed by atoms with Gasteiger partial charge in [0.25, 0.3) is 5.91 Å². The smallest absolute Gasteiger partial charge is 0.252 e. The first-order valence-electron chi connectivity index (χ1n) is 8.78. The third kappa shape index (κ3) is 4.99. The van der Waals surface area contributed by atoms with E-state index in [0.29, 0.717) is 11.1 Å². The van der Waals surface area contributed by atoms with Crippen molar-refractivity contribution < 1.29 is 4.79 Å². The van der Waals surface area contributed by atoms with Crippen LogP contribution in [-0.4, -0.2) is 11.9 Å². The number of nitriles is 1. The topological polar surface area (TPSA) is 52.9 Å². The molecule has 0 aromatic heterocycles. The fourth-order valence-electron chi connectivity index (χ4n) is 2.83. The zero-order valence-corrected chi connectivity index (χ0v) is 15.9. The Kier molecular flexibility index (Phi) is 6.30. The lowest BCUT2D eigenvalue weighted by atomic mass is 10.1. The average molecular weight is 372 g/mol. The molecule has 3 nitrogen and oxygen atoms in total. The maximum absolute atomic E-state index is 12.8. The van der Waals surface area contributed by atoms with Crippen LogP contribution in [0.15, 0.2) is 88.7 Å². The number of benzene rings is 3. The number of nitrogens with zero attached hydrogens (tertiary/aromatic N) is 1. The Morgan fingerprint density at radius 3 is 2.33 bits per heavy atom. The van der Waals surface area contributed by atoms with Gasteiger partial charge in [0.2, 0.25) is 0 Å². The number of nitrogens with one attached hydrogen (secondary N) is 1. The molecule has 1 N–H and O–H groups in total. The summed E-state index contributed by atoms with van der Waals surface area (Å²) in [6.45, 7) is 2.01. The lowest BCUT2D eigenvalue weighted by molar-refractivity contribution is 0.0937. The first-order valence-corrected chi connectivity index (χ1v) is 9.60. The molecule has 0 aliphatic carbocycles. The molecular formula is C23H20N2OS. The molecule has 0 fully saturated rings. The van der Waals surface area contributed by atoms with Gasteiger partial charge in [0.05, 0.1) is 11.1 Å². The van der Waals surface area contributed by atoms with E-state index in [1.165, 1.54) is 17.3 Å². The van der Waals surface area contributed by atoms with E-state index in [1.54, 1.807) is 6.07 Å². The summed E-state index contributed by atoms with van der Waals surface area (Å²) >= 11 is 1.44. The maximum atomic E-state index is 12.8. The summed E-state index contributed by atoms with van der Waals surface area (Å²) in [7, 11) is 0. The largest absolute Gasteiger partial charge is 0.349 e. The molecule has 0 saturated heterocycles. The molecule has 0 saturated carbocycles. The normalized spacial score (nSPS) is 11.4. The number of amides is 1. The standard InChI is InChI=1S/C23H20N2OS/c1-17(15-18-9-3-2-4-10-18)25-23(26)20-12-6-8-14-22(20)27-21-13-7-5-11-19(21)16-24/h2-14,17H,15H2,1H3,(H,25,26). The third-order valence-corrected chi connectivity index (χ3v) is 5.27. The first kappa shape index (κ1) is 18.8. The van der Waals surface area contributed by atoms with Crippen molar-refractivity contribution in [1.29, 1.82) is 5.26 Å². The Morgan fingerprint density at radius 2 is 1.59 bits per heavy atom. The van der Waals surface area contributed by atoms with E-state index >= 15 is 0 Å². The third-order valence-electron chi connectivity index (χ3n) is 4.12. The minimum absolute atomic E-state index is 0.0179. The van der Waals surface area contributed by atoms with Gasteiger partial charge in [0, 0.05) is 15.8 Å². The van der Waals surface area contributed by atoms with Crippen molar-refractivity contribution in [3.05, 3.63) is 95.6 Å². The Morgan fingerprint density at radius 1 is 0.963 bits per heavy atom. The molecule has 0 aliphatic rings. The van der Waals surface area contributed by atoms with Crippen molar-refractivity contribution in [3.8, 4) is 6.07 Å². The first-order chi connectivity index (χ1) is 13.2. The summed E-state index contributed by atoms with van der Waals surface area (Å²) in [5, 5.41) is 12.4. The molecule has 3 rings (SSSR count). The lowest BCUT2D eigenvalue weighted by Gasteiger charge is -2.16. The Balaban J connectivity index is 1.75. The molecule has 3 aromatic rings. The number of hydrogen-bond donors (Lipinski definition) is 1. The van der Waals surface area contributed by atoms with Crippen LogP contribution in [0.3, 0.4) is 0 Å². The molecule has 3 aromatic carbocycles. The molecule has 1 atom stereocenters. The van der Waals surface area contributed by atoms with Gasteiger partial charge in [0.15, 0.2) is 0 Å². The van der Waals surface area contributed by atoms with Gasteiger partial charge in [-0.15, -0.1) is 0 Å². The van der Waals surface area contributed by atoms with Crippen LogP contribution in [0.1, 0.15) is 28.4 Å². The quantitative estimate of drug-likeness (QED) is 0.657. The van der Waals surface area contributed by atoms with Crippen molar-refractivity contribution in [2.45, 2.75) is 29.2 Å². The van der Waals surface area contributed by atoms with Gasteiger partial charge in [-0.3, -0.25) is 4.79 Å². The summed E-state index contributed by atoms with van der Waals surface area (Å²) < 4.78 is 0. The van der Waals surface area contributed by atoms with Crippen LogP contribution < -0.4 is 5.32 Å². The highest BCUT2D eigenvalue weighted by atomic mass is 32.2. The molecular weight excluding hydrogens is 352 g/mol. The van der Waals surface area contributed by atoms with E-state index in [1.807, 2.05) is 67.6 Å². The molecule has 27 heavy (non-hydrogen) atoms. The predicted molar refractivity (Wildman–Crippen MR) is 109 cm³/mol. The van der Waals surface area contributed by atoms with Crippen molar-refractivity contribution in [3.63, 3.8) is 0 Å². The van der Waals surface area contributed by atoms with E-state index < -0.39 is 0 Å². The minimum atomic E-state index is -0.101. The number of carbonyl (C=O) groups is 1. The maximum Gasteiger partial charge on any atom is 0.252 e. The molecule has 0 spiro atoms. The van der Waals surface area contributed by atoms with E-state index in [0.717, 1.165) is 16.2 Å². The Bertz CT molecular complexity index is 963. The van der Waals surface area contributed by atoms with E-state index in [-0.39, 0.29) is 11.9 Å². The van der Waals surface area contributed by atoms with E-state index in [4.69, 9.17) is 0 Å². The highest BCUT2D eigenvalue weighted by Crippen LogP contribution is 2.32. The van der Waals surface area contributed by atoms with Gasteiger partial charge in [-0.25, -0.2) is 0 Å². The van der Waals surface area contributed by atoms with Gasteiger partial charge in [0.1, 0.15) is 6.07 Å². The van der Waals surface area contributed by atoms with Crippen LogP contribution in [0.4, 0.5) is 0 Å². The lowest BCUT2D eigenvalue weighted by Crippen LogP contribution is -2.34. The molecule has 134 valence electrons. The Labute approximate surface area is 164 Å². The summed E-state index contributed by atoms with van der Waals surface area (Å²) in [5.74, 6) is -0.101. The van der Waals surface area contributed by atoms with Crippen LogP contribution in [-0.2, 0) is 6.42 Å². The second kappa shape index (κ2) is 9.07. The molecule has 0 heterocycles. The zero-order valence-electron chi connectivity index (χ0n) is 15.1. The zero-order chi connectivity index (χ0) is 19.1. The van der Waals surface area contributed by atoms with Gasteiger partial charge in [-0.2, -0.15) is 5.26 Å². The average Bonchev–Trinajstić information content (AvgIpc) is 2.69. The fraction of sp³-hybridized carbons (Fsp3) is 0.130. The van der Waals surface area contributed by atoms with E-state index in [9.17, 15) is 10.1 Å². The SMILES string of the molecule is CC(Cc1ccccc1)NC(=O)c1ccccc1Sc1ccccc1C#N. The van der Waals surface area contributed by atoms with Crippen LogP contribution in [0.5, 0.6) is 0 Å². The van der Waals surface area contributed by atoms with Crippen molar-refractivity contribution in [2.24, 2.45) is 0 Å². The van der Waals surface area contributed by atoms with Crippen LogP contribution >= 0.6 is 11.8 Å². The second-order valence-corrected chi connectivity index (χ2v) is 7.35. The fourth-order valence-corrected chi connectivity index (χ4v) is 3.85. The van der Waals surface area contributed by atoms with Crippen LogP contribution in [0, 0.1) is 11.3 Å². The molecule has 0 radical (unpaired) electrons. The Hall–Kier alpha value is -3.03. The van der Waals surface area contributed by atoms with Crippen LogP contribution in [0.2, 0.25) is 0 Å². The van der Waals surface area contributed by atoms with Gasteiger partial charge in [-0.1, -0.05) is 66.4 Å². The highest BCUT2D eigenvalue weighted by molar-refractivity contribution is 7.99. The number of carbonyl (C=O) groups excluding carboxylic acids is 1. The predicted octanol–water partition coefficient (Wildman–Crippen LogP) is 5.07. The highest BCUT2D eigenvalue weighted by Gasteiger charge is 2.15. The second-order valence-electron chi connectivity index (χ2n) is 6.27. The van der Waals surface area contributed by atoms with Crippen molar-refractivity contribution in [2.75, 3.05) is 0 Å². The summed E-state index contributed by atoms with van der Waals surface area (Å²) in [4.78, 5) is 14.5. The monoisotopic (exact) mass is 372 g/mol. The van der Waals surface area contributed by atoms with Gasteiger partial charge >= 0.3 is 0 Å². The molecule has 1 unspecified atom stereocenters. The summed E-state index contributed by atoms with van der Waals surface area (Å²) in [6, 6.07) is 27.2. The molecule has 0 aliphatic heterocycles. The summed E-state index contributed by atoms with van der Waals surface area (Å²) in [6.07, 6.45) is 0.777. The number of rotatable bonds is 6. The minimum Gasteiger partial charge on any atom is -0.349 e. The van der Waals surface area contributed by atoms with Gasteiger partial charge in [-0.05, 0) is 43.2 Å².